The second kappa shape index (κ2) is 9.66. The Bertz CT molecular complexity index is 1180. The molecular weight excluding hydrogens is 488 g/mol. The van der Waals surface area contributed by atoms with Gasteiger partial charge in [0.15, 0.2) is 0 Å². The first-order valence-electron chi connectivity index (χ1n) is 12.7. The maximum absolute atomic E-state index is 2.61. The van der Waals surface area contributed by atoms with Crippen molar-refractivity contribution in [3.8, 4) is 0 Å². The summed E-state index contributed by atoms with van der Waals surface area (Å²) in [6.45, 7) is 19.0. The molecule has 0 heterocycles. The molecule has 176 valence electrons. The zero-order valence-electron chi connectivity index (χ0n) is 22.3. The molecule has 0 aromatic heterocycles. The molecule has 0 fully saturated rings. The Morgan fingerprint density at radius 1 is 0.765 bits per heavy atom. The van der Waals surface area contributed by atoms with Gasteiger partial charge in [-0.25, -0.2) is 0 Å². The summed E-state index contributed by atoms with van der Waals surface area (Å²) in [6, 6.07) is 22.5. The number of rotatable bonds is 4. The Labute approximate surface area is 215 Å². The van der Waals surface area contributed by atoms with Crippen molar-refractivity contribution in [1.82, 2.24) is 0 Å². The van der Waals surface area contributed by atoms with Crippen LogP contribution < -0.4 is 0 Å². The van der Waals surface area contributed by atoms with E-state index in [2.05, 4.69) is 134 Å². The third kappa shape index (κ3) is 5.21. The van der Waals surface area contributed by atoms with E-state index in [1.165, 1.54) is 22.3 Å². The summed E-state index contributed by atoms with van der Waals surface area (Å²) >= 11 is -2.50. The summed E-state index contributed by atoms with van der Waals surface area (Å²) in [5, 5.41) is 0. The van der Waals surface area contributed by atoms with Gasteiger partial charge in [-0.2, -0.15) is 0 Å². The topological polar surface area (TPSA) is 0 Å². The first-order chi connectivity index (χ1) is 16.0. The molecule has 4 rings (SSSR count). The minimum atomic E-state index is -2.50. The van der Waals surface area contributed by atoms with Crippen LogP contribution in [-0.4, -0.2) is 3.21 Å². The number of allylic oxidation sites excluding steroid dienone is 8. The van der Waals surface area contributed by atoms with Crippen LogP contribution in [0, 0.1) is 16.7 Å². The van der Waals surface area contributed by atoms with Gasteiger partial charge in [0.1, 0.15) is 0 Å². The molecule has 0 saturated carbocycles. The van der Waals surface area contributed by atoms with E-state index >= 15 is 0 Å². The van der Waals surface area contributed by atoms with Crippen LogP contribution in [0.3, 0.4) is 0 Å². The fourth-order valence-corrected chi connectivity index (χ4v) is 13.8. The molecule has 2 aliphatic rings. The Kier molecular flexibility index (Phi) is 7.17. The molecule has 0 nitrogen and oxygen atoms in total. The Morgan fingerprint density at radius 2 is 1.29 bits per heavy atom. The van der Waals surface area contributed by atoms with E-state index in [0.29, 0.717) is 5.92 Å². The van der Waals surface area contributed by atoms with Crippen molar-refractivity contribution in [2.24, 2.45) is 16.7 Å². The Hall–Kier alpha value is -1.85. The summed E-state index contributed by atoms with van der Waals surface area (Å²) in [7, 11) is 0. The van der Waals surface area contributed by atoms with Gasteiger partial charge in [-0.15, -0.1) is 0 Å². The third-order valence-corrected chi connectivity index (χ3v) is 15.7. The zero-order chi connectivity index (χ0) is 24.7. The monoisotopic (exact) mass is 526 g/mol. The van der Waals surface area contributed by atoms with Crippen LogP contribution in [0.1, 0.15) is 72.9 Å². The average molecular weight is 528 g/mol. The van der Waals surface area contributed by atoms with Crippen molar-refractivity contribution in [3.63, 3.8) is 0 Å². The first-order valence-corrected chi connectivity index (χ1v) is 16.4. The van der Waals surface area contributed by atoms with E-state index < -0.39 is 21.3 Å². The van der Waals surface area contributed by atoms with Crippen molar-refractivity contribution >= 4 is 3.21 Å². The van der Waals surface area contributed by atoms with Crippen LogP contribution in [0.15, 0.2) is 102 Å². The Morgan fingerprint density at radius 3 is 1.71 bits per heavy atom. The molecule has 1 atom stereocenters. The molecule has 0 radical (unpaired) electrons. The summed E-state index contributed by atoms with van der Waals surface area (Å²) in [6.07, 6.45) is 8.82. The van der Waals surface area contributed by atoms with Crippen molar-refractivity contribution < 1.29 is 21.3 Å². The molecule has 1 heteroatoms. The van der Waals surface area contributed by atoms with Crippen molar-refractivity contribution in [2.45, 2.75) is 61.8 Å². The van der Waals surface area contributed by atoms with Gasteiger partial charge >= 0.3 is 216 Å². The molecule has 34 heavy (non-hydrogen) atoms. The van der Waals surface area contributed by atoms with Crippen molar-refractivity contribution in [3.05, 3.63) is 113 Å². The maximum atomic E-state index is 2.61. The van der Waals surface area contributed by atoms with E-state index in [9.17, 15) is 0 Å². The average Bonchev–Trinajstić information content (AvgIpc) is 3.36. The van der Waals surface area contributed by atoms with E-state index in [-0.39, 0.29) is 10.8 Å². The quantitative estimate of drug-likeness (QED) is 0.372. The molecule has 0 N–H and O–H groups in total. The van der Waals surface area contributed by atoms with Gasteiger partial charge in [0.2, 0.25) is 0 Å². The second-order valence-corrected chi connectivity index (χ2v) is 18.0. The van der Waals surface area contributed by atoms with Gasteiger partial charge < -0.3 is 0 Å². The summed E-state index contributed by atoms with van der Waals surface area (Å²) in [5.74, 6) is 0.505. The summed E-state index contributed by atoms with van der Waals surface area (Å²) in [5.41, 5.74) is 7.83. The molecular formula is C33H40Zr. The molecule has 0 bridgehead atoms. The van der Waals surface area contributed by atoms with Crippen molar-refractivity contribution in [1.29, 1.82) is 0 Å². The molecule has 1 unspecified atom stereocenters. The number of benzene rings is 2. The van der Waals surface area contributed by atoms with Gasteiger partial charge in [-0.05, 0) is 0 Å². The van der Waals surface area contributed by atoms with Crippen LogP contribution in [0.25, 0.3) is 0 Å². The normalized spacial score (nSPS) is 18.6. The SMILES string of the molecule is CC1=[C]([Zr]([C]2=CC(C(C)(C)C)=CC2C)=[C](c2ccccc2)c2ccccc2)CC(C(C)(C)C)=C1. The summed E-state index contributed by atoms with van der Waals surface area (Å²) < 4.78 is 5.12. The molecule has 0 aliphatic heterocycles. The van der Waals surface area contributed by atoms with Crippen LogP contribution >= 0.6 is 0 Å². The number of hydrogen-bond acceptors (Lipinski definition) is 0. The minimum absolute atomic E-state index is 0.178. The molecule has 2 aliphatic carbocycles. The predicted molar refractivity (Wildman–Crippen MR) is 146 cm³/mol. The van der Waals surface area contributed by atoms with Crippen LogP contribution in [0.5, 0.6) is 0 Å². The standard InChI is InChI=1S/C13H10.2C10H15.Zr/c1-3-7-12(8-4-1)11-13-9-5-2-6-10-13;2*1-8-5-6-9(7-8)10(2,3)4;/h1-10H;7H,6H2,1-4H3;6-8H,1-4H3;. The second-order valence-electron chi connectivity index (χ2n) is 12.0. The summed E-state index contributed by atoms with van der Waals surface area (Å²) in [4.78, 5) is 0. The molecule has 2 aromatic carbocycles. The van der Waals surface area contributed by atoms with E-state index in [1.54, 1.807) is 15.3 Å². The van der Waals surface area contributed by atoms with E-state index in [0.717, 1.165) is 6.42 Å². The molecule has 0 saturated heterocycles. The Balaban J connectivity index is 2.02. The van der Waals surface area contributed by atoms with Crippen molar-refractivity contribution in [2.75, 3.05) is 0 Å². The molecule has 0 amide bonds. The van der Waals surface area contributed by atoms with Crippen LogP contribution in [0.2, 0.25) is 0 Å². The van der Waals surface area contributed by atoms with E-state index in [1.807, 2.05) is 0 Å². The van der Waals surface area contributed by atoms with Gasteiger partial charge in [0.05, 0.1) is 0 Å². The van der Waals surface area contributed by atoms with Gasteiger partial charge in [-0.1, -0.05) is 0 Å². The van der Waals surface area contributed by atoms with Crippen LogP contribution in [-0.2, 0) is 21.3 Å². The molecule has 0 spiro atoms. The third-order valence-electron chi connectivity index (χ3n) is 7.26. The molecule has 2 aromatic rings. The van der Waals surface area contributed by atoms with Crippen LogP contribution in [0.4, 0.5) is 0 Å². The predicted octanol–water partition coefficient (Wildman–Crippen LogP) is 9.03. The van der Waals surface area contributed by atoms with E-state index in [4.69, 9.17) is 0 Å². The first kappa shape index (κ1) is 25.3. The zero-order valence-corrected chi connectivity index (χ0v) is 24.7. The fourth-order valence-electron chi connectivity index (χ4n) is 5.10. The van der Waals surface area contributed by atoms with Gasteiger partial charge in [0, 0.05) is 0 Å². The fraction of sp³-hybridized carbons (Fsp3) is 0.364. The van der Waals surface area contributed by atoms with Gasteiger partial charge in [-0.3, -0.25) is 0 Å². The number of hydrogen-bond donors (Lipinski definition) is 0. The van der Waals surface area contributed by atoms with Gasteiger partial charge in [0.25, 0.3) is 0 Å².